The van der Waals surface area contributed by atoms with Crippen LogP contribution in [0.1, 0.15) is 51.6 Å². The minimum Gasteiger partial charge on any atom is -0.361 e. The first-order valence-corrected chi connectivity index (χ1v) is 11.1. The molecule has 0 aliphatic heterocycles. The molecule has 0 spiro atoms. The molecule has 0 aliphatic carbocycles. The first-order valence-electron chi connectivity index (χ1n) is 10.1. The van der Waals surface area contributed by atoms with Crippen molar-refractivity contribution in [1.29, 1.82) is 0 Å². The van der Waals surface area contributed by atoms with Crippen LogP contribution in [0.25, 0.3) is 0 Å². The summed E-state index contributed by atoms with van der Waals surface area (Å²) in [6, 6.07) is 10.4. The maximum atomic E-state index is 12.9. The quantitative estimate of drug-likeness (QED) is 0.512. The van der Waals surface area contributed by atoms with Crippen molar-refractivity contribution >= 4 is 29.3 Å². The molecule has 0 unspecified atom stereocenters. The SMILES string of the molecule is CCN(CC)C(=O)c1ccc(NC(=O)c2cccnc2SCc2c(C)noc2C)cc1. The van der Waals surface area contributed by atoms with E-state index in [2.05, 4.69) is 15.5 Å². The minimum absolute atomic E-state index is 0.0202. The molecule has 0 aliphatic rings. The van der Waals surface area contributed by atoms with Crippen LogP contribution in [0.2, 0.25) is 0 Å². The molecule has 0 fully saturated rings. The lowest BCUT2D eigenvalue weighted by Gasteiger charge is -2.18. The Bertz CT molecular complexity index is 1040. The summed E-state index contributed by atoms with van der Waals surface area (Å²) in [6.07, 6.45) is 1.67. The summed E-state index contributed by atoms with van der Waals surface area (Å²) >= 11 is 1.46. The van der Waals surface area contributed by atoms with Crippen molar-refractivity contribution in [3.8, 4) is 0 Å². The molecule has 2 heterocycles. The average molecular weight is 439 g/mol. The van der Waals surface area contributed by atoms with Gasteiger partial charge in [0, 0.05) is 41.9 Å². The molecule has 0 atom stereocenters. The third kappa shape index (κ3) is 5.32. The molecule has 8 heteroatoms. The number of carbonyl (C=O) groups is 2. The molecule has 31 heavy (non-hydrogen) atoms. The molecule has 1 aromatic carbocycles. The van der Waals surface area contributed by atoms with E-state index in [0.717, 1.165) is 17.0 Å². The lowest BCUT2D eigenvalue weighted by Crippen LogP contribution is -2.30. The Morgan fingerprint density at radius 3 is 2.42 bits per heavy atom. The van der Waals surface area contributed by atoms with Crippen molar-refractivity contribution in [3.05, 3.63) is 70.7 Å². The Kier molecular flexibility index (Phi) is 7.46. The van der Waals surface area contributed by atoms with Gasteiger partial charge in [0.1, 0.15) is 10.8 Å². The number of hydrogen-bond acceptors (Lipinski definition) is 6. The van der Waals surface area contributed by atoms with Gasteiger partial charge in [0.2, 0.25) is 0 Å². The first kappa shape index (κ1) is 22.6. The highest BCUT2D eigenvalue weighted by Crippen LogP contribution is 2.27. The van der Waals surface area contributed by atoms with Crippen molar-refractivity contribution in [2.75, 3.05) is 18.4 Å². The van der Waals surface area contributed by atoms with Crippen LogP contribution in [0.5, 0.6) is 0 Å². The second-order valence-electron chi connectivity index (χ2n) is 6.96. The van der Waals surface area contributed by atoms with Crippen LogP contribution < -0.4 is 5.32 Å². The van der Waals surface area contributed by atoms with Crippen molar-refractivity contribution in [1.82, 2.24) is 15.0 Å². The van der Waals surface area contributed by atoms with Crippen LogP contribution >= 0.6 is 11.8 Å². The van der Waals surface area contributed by atoms with E-state index in [9.17, 15) is 9.59 Å². The molecule has 3 aromatic rings. The largest absolute Gasteiger partial charge is 0.361 e. The van der Waals surface area contributed by atoms with Gasteiger partial charge in [-0.05, 0) is 64.1 Å². The van der Waals surface area contributed by atoms with Gasteiger partial charge in [-0.1, -0.05) is 5.16 Å². The lowest BCUT2D eigenvalue weighted by atomic mass is 10.1. The molecule has 2 amide bonds. The van der Waals surface area contributed by atoms with Gasteiger partial charge in [0.15, 0.2) is 0 Å². The third-order valence-electron chi connectivity index (χ3n) is 4.99. The van der Waals surface area contributed by atoms with E-state index >= 15 is 0 Å². The molecule has 162 valence electrons. The molecular formula is C23H26N4O3S. The molecule has 2 aromatic heterocycles. The normalized spacial score (nSPS) is 10.7. The van der Waals surface area contributed by atoms with E-state index in [1.165, 1.54) is 11.8 Å². The Morgan fingerprint density at radius 1 is 1.10 bits per heavy atom. The van der Waals surface area contributed by atoms with Crippen LogP contribution in [-0.2, 0) is 5.75 Å². The number of rotatable bonds is 8. The number of aromatic nitrogens is 2. The summed E-state index contributed by atoms with van der Waals surface area (Å²) in [5.74, 6) is 1.11. The first-order chi connectivity index (χ1) is 14.9. The van der Waals surface area contributed by atoms with E-state index in [1.54, 1.807) is 47.5 Å². The van der Waals surface area contributed by atoms with E-state index < -0.39 is 0 Å². The number of benzene rings is 1. The van der Waals surface area contributed by atoms with Gasteiger partial charge < -0.3 is 14.7 Å². The van der Waals surface area contributed by atoms with Crippen LogP contribution in [0, 0.1) is 13.8 Å². The number of carbonyl (C=O) groups excluding carboxylic acids is 2. The Balaban J connectivity index is 1.70. The standard InChI is InChI=1S/C23H26N4O3S/c1-5-27(6-2)23(29)17-9-11-18(12-10-17)25-21(28)19-8-7-13-24-22(19)31-14-20-15(3)26-30-16(20)4/h7-13H,5-6,14H2,1-4H3,(H,25,28). The van der Waals surface area contributed by atoms with Gasteiger partial charge in [-0.2, -0.15) is 0 Å². The highest BCUT2D eigenvalue weighted by molar-refractivity contribution is 7.98. The van der Waals surface area contributed by atoms with Crippen LogP contribution in [-0.4, -0.2) is 39.9 Å². The van der Waals surface area contributed by atoms with Gasteiger partial charge >= 0.3 is 0 Å². The number of aryl methyl sites for hydroxylation is 2. The Morgan fingerprint density at radius 2 is 1.81 bits per heavy atom. The number of thioether (sulfide) groups is 1. The molecule has 3 rings (SSSR count). The predicted octanol–water partition coefficient (Wildman–Crippen LogP) is 4.71. The molecule has 0 radical (unpaired) electrons. The second kappa shape index (κ2) is 10.3. The van der Waals surface area contributed by atoms with Crippen LogP contribution in [0.15, 0.2) is 52.1 Å². The summed E-state index contributed by atoms with van der Waals surface area (Å²) in [7, 11) is 0. The highest BCUT2D eigenvalue weighted by Gasteiger charge is 2.17. The van der Waals surface area contributed by atoms with Gasteiger partial charge in [0.05, 0.1) is 11.3 Å². The molecule has 7 nitrogen and oxygen atoms in total. The molecule has 0 bridgehead atoms. The molecule has 0 saturated carbocycles. The maximum Gasteiger partial charge on any atom is 0.258 e. The van der Waals surface area contributed by atoms with Crippen molar-refractivity contribution < 1.29 is 14.1 Å². The molecule has 1 N–H and O–H groups in total. The highest BCUT2D eigenvalue weighted by atomic mass is 32.2. The monoisotopic (exact) mass is 438 g/mol. The van der Waals surface area contributed by atoms with E-state index in [-0.39, 0.29) is 11.8 Å². The zero-order chi connectivity index (χ0) is 22.4. The Hall–Kier alpha value is -3.13. The van der Waals surface area contributed by atoms with Crippen molar-refractivity contribution in [2.24, 2.45) is 0 Å². The summed E-state index contributed by atoms with van der Waals surface area (Å²) in [5, 5.41) is 7.49. The van der Waals surface area contributed by atoms with Gasteiger partial charge in [-0.25, -0.2) is 4.98 Å². The zero-order valence-electron chi connectivity index (χ0n) is 18.1. The fraction of sp³-hybridized carbons (Fsp3) is 0.304. The number of hydrogen-bond donors (Lipinski definition) is 1. The number of nitrogens with zero attached hydrogens (tertiary/aromatic N) is 3. The van der Waals surface area contributed by atoms with Crippen LogP contribution in [0.4, 0.5) is 5.69 Å². The van der Waals surface area contributed by atoms with E-state index in [1.807, 2.05) is 27.7 Å². The molecule has 0 saturated heterocycles. The summed E-state index contributed by atoms with van der Waals surface area (Å²) in [5.41, 5.74) is 3.55. The van der Waals surface area contributed by atoms with E-state index in [0.29, 0.717) is 40.7 Å². The van der Waals surface area contributed by atoms with Gasteiger partial charge in [-0.3, -0.25) is 9.59 Å². The fourth-order valence-corrected chi connectivity index (χ4v) is 4.26. The predicted molar refractivity (Wildman–Crippen MR) is 121 cm³/mol. The number of anilines is 1. The summed E-state index contributed by atoms with van der Waals surface area (Å²) in [6.45, 7) is 8.98. The van der Waals surface area contributed by atoms with Crippen molar-refractivity contribution in [2.45, 2.75) is 38.5 Å². The fourth-order valence-electron chi connectivity index (χ4n) is 3.12. The smallest absolute Gasteiger partial charge is 0.258 e. The average Bonchev–Trinajstić information content (AvgIpc) is 3.11. The maximum absolute atomic E-state index is 12.9. The minimum atomic E-state index is -0.253. The summed E-state index contributed by atoms with van der Waals surface area (Å²) in [4.78, 5) is 31.5. The zero-order valence-corrected chi connectivity index (χ0v) is 19.0. The molecular weight excluding hydrogens is 412 g/mol. The third-order valence-corrected chi connectivity index (χ3v) is 6.02. The number of nitrogens with one attached hydrogen (secondary N) is 1. The lowest BCUT2D eigenvalue weighted by molar-refractivity contribution is 0.0773. The number of amides is 2. The van der Waals surface area contributed by atoms with E-state index in [4.69, 9.17) is 4.52 Å². The van der Waals surface area contributed by atoms with Crippen molar-refractivity contribution in [3.63, 3.8) is 0 Å². The number of pyridine rings is 1. The second-order valence-corrected chi connectivity index (χ2v) is 7.92. The van der Waals surface area contributed by atoms with Gasteiger partial charge in [-0.15, -0.1) is 11.8 Å². The van der Waals surface area contributed by atoms with Crippen LogP contribution in [0.3, 0.4) is 0 Å². The summed E-state index contributed by atoms with van der Waals surface area (Å²) < 4.78 is 5.21. The van der Waals surface area contributed by atoms with Gasteiger partial charge in [0.25, 0.3) is 11.8 Å². The Labute approximate surface area is 186 Å². The topological polar surface area (TPSA) is 88.3 Å².